The van der Waals surface area contributed by atoms with Crippen molar-refractivity contribution in [2.45, 2.75) is 24.8 Å². The van der Waals surface area contributed by atoms with Crippen molar-refractivity contribution in [1.82, 2.24) is 9.80 Å². The van der Waals surface area contributed by atoms with Gasteiger partial charge in [-0.05, 0) is 41.0 Å². The molecular weight excluding hydrogens is 431 g/mol. The van der Waals surface area contributed by atoms with Gasteiger partial charge in [-0.2, -0.15) is 0 Å². The van der Waals surface area contributed by atoms with Gasteiger partial charge in [-0.15, -0.1) is 0 Å². The number of carbonyl (C=O) groups is 3. The molecule has 2 amide bonds. The van der Waals surface area contributed by atoms with Gasteiger partial charge in [0.15, 0.2) is 5.79 Å². The van der Waals surface area contributed by atoms with Gasteiger partial charge in [-0.1, -0.05) is 18.2 Å². The number of fused-ring (bicyclic) bond motifs is 1. The molecule has 0 radical (unpaired) electrons. The number of amides is 2. The van der Waals surface area contributed by atoms with Gasteiger partial charge in [-0.25, -0.2) is 9.18 Å². The zero-order chi connectivity index (χ0) is 23.2. The Kier molecular flexibility index (Phi) is 5.38. The Morgan fingerprint density at radius 3 is 2.52 bits per heavy atom. The number of methoxy groups -OCH3 is 1. The Balaban J connectivity index is 1.32. The summed E-state index contributed by atoms with van der Waals surface area (Å²) in [5.74, 6) is -2.49. The standard InChI is InChI=1S/C24H23FN2O6/c1-31-23(30)20-11-24(32-8-9-33-24)14-27(20)21(28)13-26-12-17-10-16(4-7-19(17)22(26)29)15-2-5-18(25)6-3-15/h2-7,10,20H,8-9,11-14H2,1H3. The number of carbonyl (C=O) groups excluding carboxylic acids is 3. The molecule has 0 N–H and O–H groups in total. The number of likely N-dealkylation sites (tertiary alicyclic amines) is 1. The lowest BCUT2D eigenvalue weighted by Crippen LogP contribution is -2.46. The highest BCUT2D eigenvalue weighted by molar-refractivity contribution is 6.01. The number of nitrogens with zero attached hydrogens (tertiary/aromatic N) is 2. The summed E-state index contributed by atoms with van der Waals surface area (Å²) in [4.78, 5) is 41.2. The number of halogens is 1. The largest absolute Gasteiger partial charge is 0.467 e. The Morgan fingerprint density at radius 1 is 1.12 bits per heavy atom. The first kappa shape index (κ1) is 21.5. The van der Waals surface area contributed by atoms with Gasteiger partial charge < -0.3 is 24.0 Å². The highest BCUT2D eigenvalue weighted by Crippen LogP contribution is 2.36. The van der Waals surface area contributed by atoms with Gasteiger partial charge in [0, 0.05) is 18.5 Å². The molecule has 8 nitrogen and oxygen atoms in total. The molecule has 3 aliphatic heterocycles. The fraction of sp³-hybridized carbons (Fsp3) is 0.375. The van der Waals surface area contributed by atoms with Crippen molar-refractivity contribution in [3.8, 4) is 11.1 Å². The van der Waals surface area contributed by atoms with E-state index in [1.165, 1.54) is 29.0 Å². The van der Waals surface area contributed by atoms with E-state index >= 15 is 0 Å². The van der Waals surface area contributed by atoms with Crippen LogP contribution in [0.15, 0.2) is 42.5 Å². The Hall–Kier alpha value is -3.30. The molecule has 1 atom stereocenters. The Labute approximate surface area is 189 Å². The third kappa shape index (κ3) is 3.87. The SMILES string of the molecule is COC(=O)C1CC2(CN1C(=O)CN1Cc3cc(-c4ccc(F)cc4)ccc3C1=O)OCCO2. The van der Waals surface area contributed by atoms with E-state index in [-0.39, 0.29) is 43.7 Å². The number of benzene rings is 2. The number of hydrogen-bond donors (Lipinski definition) is 0. The molecule has 172 valence electrons. The maximum absolute atomic E-state index is 13.2. The molecule has 1 spiro atoms. The van der Waals surface area contributed by atoms with E-state index in [0.717, 1.165) is 16.7 Å². The van der Waals surface area contributed by atoms with Crippen molar-refractivity contribution in [3.63, 3.8) is 0 Å². The van der Waals surface area contributed by atoms with Gasteiger partial charge in [0.25, 0.3) is 5.91 Å². The third-order valence-corrected chi connectivity index (χ3v) is 6.39. The van der Waals surface area contributed by atoms with E-state index in [4.69, 9.17) is 14.2 Å². The van der Waals surface area contributed by atoms with Crippen LogP contribution in [-0.2, 0) is 30.3 Å². The Morgan fingerprint density at radius 2 is 1.82 bits per heavy atom. The van der Waals surface area contributed by atoms with E-state index in [2.05, 4.69) is 0 Å². The summed E-state index contributed by atoms with van der Waals surface area (Å²) in [7, 11) is 1.27. The van der Waals surface area contributed by atoms with Crippen molar-refractivity contribution in [2.75, 3.05) is 33.4 Å². The van der Waals surface area contributed by atoms with Gasteiger partial charge in [-0.3, -0.25) is 9.59 Å². The van der Waals surface area contributed by atoms with Crippen LogP contribution in [0.4, 0.5) is 4.39 Å². The lowest BCUT2D eigenvalue weighted by atomic mass is 10.0. The molecule has 0 bridgehead atoms. The normalized spacial score (nSPS) is 21.0. The topological polar surface area (TPSA) is 85.4 Å². The average Bonchev–Trinajstić information content (AvgIpc) is 3.52. The molecule has 2 aromatic rings. The van der Waals surface area contributed by atoms with E-state index in [1.807, 2.05) is 12.1 Å². The minimum atomic E-state index is -1.00. The molecule has 1 unspecified atom stereocenters. The first-order chi connectivity index (χ1) is 15.9. The van der Waals surface area contributed by atoms with Crippen LogP contribution in [0.25, 0.3) is 11.1 Å². The first-order valence-electron chi connectivity index (χ1n) is 10.7. The first-order valence-corrected chi connectivity index (χ1v) is 10.7. The average molecular weight is 454 g/mol. The van der Waals surface area contributed by atoms with Crippen LogP contribution in [0.2, 0.25) is 0 Å². The van der Waals surface area contributed by atoms with Crippen LogP contribution < -0.4 is 0 Å². The predicted molar refractivity (Wildman–Crippen MR) is 113 cm³/mol. The van der Waals surface area contributed by atoms with Gasteiger partial charge in [0.05, 0.1) is 26.9 Å². The molecule has 3 heterocycles. The van der Waals surface area contributed by atoms with E-state index in [9.17, 15) is 18.8 Å². The lowest BCUT2D eigenvalue weighted by molar-refractivity contribution is -0.152. The minimum Gasteiger partial charge on any atom is -0.467 e. The highest BCUT2D eigenvalue weighted by Gasteiger charge is 2.53. The minimum absolute atomic E-state index is 0.106. The van der Waals surface area contributed by atoms with E-state index in [1.54, 1.807) is 18.2 Å². The molecule has 0 aromatic heterocycles. The molecule has 2 aromatic carbocycles. The van der Waals surface area contributed by atoms with Gasteiger partial charge in [0.2, 0.25) is 5.91 Å². The van der Waals surface area contributed by atoms with Gasteiger partial charge in [0.1, 0.15) is 18.4 Å². The molecule has 2 saturated heterocycles. The smallest absolute Gasteiger partial charge is 0.328 e. The van der Waals surface area contributed by atoms with Crippen LogP contribution in [-0.4, -0.2) is 72.8 Å². The van der Waals surface area contributed by atoms with Crippen LogP contribution in [0.5, 0.6) is 0 Å². The summed E-state index contributed by atoms with van der Waals surface area (Å²) in [5.41, 5.74) is 3.01. The molecule has 0 saturated carbocycles. The summed E-state index contributed by atoms with van der Waals surface area (Å²) < 4.78 is 29.5. The molecule has 5 rings (SSSR count). The zero-order valence-corrected chi connectivity index (χ0v) is 18.1. The molecule has 33 heavy (non-hydrogen) atoms. The summed E-state index contributed by atoms with van der Waals surface area (Å²) in [6.07, 6.45) is 0.195. The zero-order valence-electron chi connectivity index (χ0n) is 18.1. The second-order valence-corrected chi connectivity index (χ2v) is 8.41. The van der Waals surface area contributed by atoms with Crippen LogP contribution in [0, 0.1) is 5.82 Å². The predicted octanol–water partition coefficient (Wildman–Crippen LogP) is 1.97. The highest BCUT2D eigenvalue weighted by atomic mass is 19.1. The second-order valence-electron chi connectivity index (χ2n) is 8.41. The van der Waals surface area contributed by atoms with Crippen molar-refractivity contribution in [1.29, 1.82) is 0 Å². The molecule has 9 heteroatoms. The summed E-state index contributed by atoms with van der Waals surface area (Å²) >= 11 is 0. The van der Waals surface area contributed by atoms with Crippen molar-refractivity contribution in [3.05, 3.63) is 59.4 Å². The number of esters is 1. The number of rotatable bonds is 4. The quantitative estimate of drug-likeness (QED) is 0.657. The van der Waals surface area contributed by atoms with Crippen LogP contribution >= 0.6 is 0 Å². The summed E-state index contributed by atoms with van der Waals surface area (Å²) in [6.45, 7) is 0.987. The second kappa shape index (κ2) is 8.24. The lowest BCUT2D eigenvalue weighted by Gasteiger charge is -2.25. The van der Waals surface area contributed by atoms with Crippen LogP contribution in [0.3, 0.4) is 0 Å². The summed E-state index contributed by atoms with van der Waals surface area (Å²) in [6, 6.07) is 10.7. The van der Waals surface area contributed by atoms with Gasteiger partial charge >= 0.3 is 5.97 Å². The van der Waals surface area contributed by atoms with Crippen molar-refractivity contribution in [2.24, 2.45) is 0 Å². The number of ether oxygens (including phenoxy) is 3. The van der Waals surface area contributed by atoms with E-state index < -0.39 is 17.8 Å². The molecule has 2 fully saturated rings. The molecule has 0 aliphatic carbocycles. The maximum Gasteiger partial charge on any atom is 0.328 e. The molecule has 3 aliphatic rings. The molecular formula is C24H23FN2O6. The fourth-order valence-electron chi connectivity index (χ4n) is 4.74. The number of hydrogen-bond acceptors (Lipinski definition) is 6. The summed E-state index contributed by atoms with van der Waals surface area (Å²) in [5, 5.41) is 0. The van der Waals surface area contributed by atoms with Crippen molar-refractivity contribution >= 4 is 17.8 Å². The van der Waals surface area contributed by atoms with Crippen LogP contribution in [0.1, 0.15) is 22.3 Å². The fourth-order valence-corrected chi connectivity index (χ4v) is 4.74. The Bertz CT molecular complexity index is 1110. The monoisotopic (exact) mass is 454 g/mol. The third-order valence-electron chi connectivity index (χ3n) is 6.39. The maximum atomic E-state index is 13.2. The van der Waals surface area contributed by atoms with Crippen molar-refractivity contribution < 1.29 is 33.0 Å². The van der Waals surface area contributed by atoms with E-state index in [0.29, 0.717) is 18.8 Å².